The number of hydrogen-bond donors (Lipinski definition) is 3. The van der Waals surface area contributed by atoms with Gasteiger partial charge in [0.15, 0.2) is 12.2 Å². The van der Waals surface area contributed by atoms with E-state index < -0.39 is 24.0 Å². The third-order valence-corrected chi connectivity index (χ3v) is 8.26. The predicted octanol–water partition coefficient (Wildman–Crippen LogP) is 2.56. The van der Waals surface area contributed by atoms with Crippen LogP contribution in [-0.4, -0.2) is 64.8 Å². The molecule has 1 unspecified atom stereocenters. The number of aliphatic hydroxyl groups excluding tert-OH is 2. The zero-order valence-corrected chi connectivity index (χ0v) is 20.3. The number of nitrogens with one attached hydrogen (secondary N) is 1. The van der Waals surface area contributed by atoms with Gasteiger partial charge in [-0.1, -0.05) is 48.5 Å². The Kier molecular flexibility index (Phi) is 6.55. The number of aliphatic hydroxyl groups is 2. The molecular formula is C28H35N3O4. The minimum atomic E-state index is -1.77. The zero-order chi connectivity index (χ0) is 24.6. The number of carbonyl (C=O) groups excluding carboxylic acids is 2. The lowest BCUT2D eigenvalue weighted by atomic mass is 9.92. The smallest absolute Gasteiger partial charge is 0.255 e. The Labute approximate surface area is 206 Å². The van der Waals surface area contributed by atoms with Gasteiger partial charge in [0.1, 0.15) is 0 Å². The summed E-state index contributed by atoms with van der Waals surface area (Å²) in [4.78, 5) is 29.8. The number of carbonyl (C=O) groups is 2. The molecule has 5 rings (SSSR count). The summed E-state index contributed by atoms with van der Waals surface area (Å²) in [7, 11) is 0. The fraction of sp³-hybridized carbons (Fsp3) is 0.500. The van der Waals surface area contributed by atoms with Gasteiger partial charge in [-0.2, -0.15) is 0 Å². The lowest BCUT2D eigenvalue weighted by Crippen LogP contribution is -2.51. The number of aryl methyl sites for hydroxylation is 1. The summed E-state index contributed by atoms with van der Waals surface area (Å²) in [6.45, 7) is 4.48. The van der Waals surface area contributed by atoms with Crippen molar-refractivity contribution in [1.29, 1.82) is 0 Å². The van der Waals surface area contributed by atoms with Crippen LogP contribution in [0.4, 0.5) is 5.69 Å². The van der Waals surface area contributed by atoms with Crippen LogP contribution in [0.5, 0.6) is 0 Å². The molecule has 0 aromatic heterocycles. The van der Waals surface area contributed by atoms with Gasteiger partial charge in [-0.3, -0.25) is 9.59 Å². The highest BCUT2D eigenvalue weighted by molar-refractivity contribution is 5.91. The van der Waals surface area contributed by atoms with Crippen molar-refractivity contribution in [2.24, 2.45) is 5.41 Å². The minimum Gasteiger partial charge on any atom is -0.380 e. The first-order valence-electron chi connectivity index (χ1n) is 12.7. The number of hydrogen-bond acceptors (Lipinski definition) is 5. The third-order valence-electron chi connectivity index (χ3n) is 8.26. The van der Waals surface area contributed by atoms with Gasteiger partial charge in [0, 0.05) is 31.4 Å². The van der Waals surface area contributed by atoms with E-state index in [0.29, 0.717) is 6.54 Å². The topological polar surface area (TPSA) is 93.1 Å². The normalized spacial score (nSPS) is 24.8. The maximum absolute atomic E-state index is 13.0. The highest BCUT2D eigenvalue weighted by atomic mass is 16.3. The molecule has 2 aromatic carbocycles. The summed E-state index contributed by atoms with van der Waals surface area (Å²) in [6, 6.07) is 17.9. The molecule has 2 amide bonds. The predicted molar refractivity (Wildman–Crippen MR) is 134 cm³/mol. The first-order valence-corrected chi connectivity index (χ1v) is 12.7. The Morgan fingerprint density at radius 2 is 1.66 bits per heavy atom. The fourth-order valence-corrected chi connectivity index (χ4v) is 5.97. The van der Waals surface area contributed by atoms with Crippen molar-refractivity contribution in [3.05, 3.63) is 65.7 Å². The number of likely N-dealkylation sites (tertiary alicyclic amines) is 1. The molecule has 7 nitrogen and oxygen atoms in total. The highest BCUT2D eigenvalue weighted by Gasteiger charge is 2.56. The van der Waals surface area contributed by atoms with E-state index in [-0.39, 0.29) is 17.5 Å². The molecule has 2 heterocycles. The van der Waals surface area contributed by atoms with Gasteiger partial charge in [-0.05, 0) is 61.6 Å². The molecule has 0 bridgehead atoms. The Bertz CT molecular complexity index is 1070. The Morgan fingerprint density at radius 1 is 0.971 bits per heavy atom. The summed E-state index contributed by atoms with van der Waals surface area (Å²) in [5, 5.41) is 24.0. The largest absolute Gasteiger partial charge is 0.380 e. The Hall–Kier alpha value is -2.90. The van der Waals surface area contributed by atoms with E-state index >= 15 is 0 Å². The molecule has 4 atom stereocenters. The first-order chi connectivity index (χ1) is 16.9. The average Bonchev–Trinajstić information content (AvgIpc) is 3.29. The molecule has 1 spiro atoms. The fourth-order valence-electron chi connectivity index (χ4n) is 5.97. The molecule has 1 aliphatic carbocycles. The maximum atomic E-state index is 13.0. The van der Waals surface area contributed by atoms with E-state index in [1.807, 2.05) is 36.4 Å². The van der Waals surface area contributed by atoms with Crippen LogP contribution in [0.2, 0.25) is 0 Å². The van der Waals surface area contributed by atoms with Gasteiger partial charge >= 0.3 is 0 Å². The molecule has 2 aromatic rings. The molecule has 3 aliphatic rings. The Morgan fingerprint density at radius 3 is 2.37 bits per heavy atom. The van der Waals surface area contributed by atoms with Gasteiger partial charge in [0.05, 0.1) is 6.04 Å². The molecule has 186 valence electrons. The van der Waals surface area contributed by atoms with Crippen molar-refractivity contribution >= 4 is 17.5 Å². The van der Waals surface area contributed by atoms with Gasteiger partial charge < -0.3 is 25.3 Å². The summed E-state index contributed by atoms with van der Waals surface area (Å²) in [5.74, 6) is -1.25. The summed E-state index contributed by atoms with van der Waals surface area (Å²) in [5.41, 5.74) is 3.58. The average molecular weight is 478 g/mol. The maximum Gasteiger partial charge on any atom is 0.255 e. The van der Waals surface area contributed by atoms with Crippen molar-refractivity contribution in [2.75, 3.05) is 24.5 Å². The molecular weight excluding hydrogens is 442 g/mol. The monoisotopic (exact) mass is 477 g/mol. The molecule has 35 heavy (non-hydrogen) atoms. The molecule has 7 heteroatoms. The number of piperidine rings is 1. The first kappa shape index (κ1) is 23.8. The standard InChI is InChI=1S/C28H35N3O4/c1-19-8-5-6-11-21(19)30-16-13-28(14-17-30)18-23(28)29-26(34)24(32)25(33)27(35)31-15-7-12-22(31)20-9-3-2-4-10-20/h2-6,8-11,22-25,32-33H,7,12-18H2,1H3,(H,29,34)/t22-,23?,24-,25-/m1/s1. The number of para-hydroxylation sites is 1. The second-order valence-corrected chi connectivity index (χ2v) is 10.4. The zero-order valence-electron chi connectivity index (χ0n) is 20.3. The van der Waals surface area contributed by atoms with Crippen LogP contribution in [0.1, 0.15) is 49.3 Å². The highest BCUT2D eigenvalue weighted by Crippen LogP contribution is 2.54. The van der Waals surface area contributed by atoms with Crippen LogP contribution >= 0.6 is 0 Å². The van der Waals surface area contributed by atoms with Gasteiger partial charge in [0.2, 0.25) is 0 Å². The van der Waals surface area contributed by atoms with Crippen LogP contribution in [0.3, 0.4) is 0 Å². The van der Waals surface area contributed by atoms with E-state index in [0.717, 1.165) is 50.8 Å². The summed E-state index contributed by atoms with van der Waals surface area (Å²) < 4.78 is 0. The quantitative estimate of drug-likeness (QED) is 0.595. The second kappa shape index (κ2) is 9.63. The number of amides is 2. The minimum absolute atomic E-state index is 0.0187. The van der Waals surface area contributed by atoms with Gasteiger partial charge in [-0.25, -0.2) is 0 Å². The number of rotatable bonds is 6. The van der Waals surface area contributed by atoms with Crippen LogP contribution in [0.25, 0.3) is 0 Å². The van der Waals surface area contributed by atoms with Crippen LogP contribution in [0, 0.1) is 12.3 Å². The van der Waals surface area contributed by atoms with Gasteiger partial charge in [-0.15, -0.1) is 0 Å². The molecule has 3 fully saturated rings. The lowest BCUT2D eigenvalue weighted by Gasteiger charge is -2.35. The van der Waals surface area contributed by atoms with Crippen molar-refractivity contribution in [2.45, 2.75) is 63.3 Å². The van der Waals surface area contributed by atoms with Crippen LogP contribution in [0.15, 0.2) is 54.6 Å². The SMILES string of the molecule is Cc1ccccc1N1CCC2(CC1)CC2NC(=O)[C@H](O)[C@@H](O)C(=O)N1CCC[C@@H]1c1ccccc1. The van der Waals surface area contributed by atoms with Crippen molar-refractivity contribution < 1.29 is 19.8 Å². The van der Waals surface area contributed by atoms with Gasteiger partial charge in [0.25, 0.3) is 11.8 Å². The third kappa shape index (κ3) is 4.67. The molecule has 2 aliphatic heterocycles. The number of nitrogens with zero attached hydrogens (tertiary/aromatic N) is 2. The van der Waals surface area contributed by atoms with E-state index in [4.69, 9.17) is 0 Å². The molecule has 1 saturated carbocycles. The summed E-state index contributed by atoms with van der Waals surface area (Å²) >= 11 is 0. The Balaban J connectivity index is 1.14. The van der Waals surface area contributed by atoms with Crippen molar-refractivity contribution in [3.63, 3.8) is 0 Å². The van der Waals surface area contributed by atoms with E-state index in [1.165, 1.54) is 11.3 Å². The van der Waals surface area contributed by atoms with Crippen molar-refractivity contribution in [1.82, 2.24) is 10.2 Å². The van der Waals surface area contributed by atoms with Crippen LogP contribution in [-0.2, 0) is 9.59 Å². The van der Waals surface area contributed by atoms with E-state index in [9.17, 15) is 19.8 Å². The number of benzene rings is 2. The summed E-state index contributed by atoms with van der Waals surface area (Å²) in [6.07, 6.45) is 0.895. The molecule has 0 radical (unpaired) electrons. The van der Waals surface area contributed by atoms with Crippen LogP contribution < -0.4 is 10.2 Å². The van der Waals surface area contributed by atoms with Crippen molar-refractivity contribution in [3.8, 4) is 0 Å². The molecule has 3 N–H and O–H groups in total. The van der Waals surface area contributed by atoms with E-state index in [2.05, 4.69) is 35.3 Å². The molecule has 2 saturated heterocycles. The number of anilines is 1. The second-order valence-electron chi connectivity index (χ2n) is 10.4. The van der Waals surface area contributed by atoms with E-state index in [1.54, 1.807) is 4.90 Å². The lowest BCUT2D eigenvalue weighted by molar-refractivity contribution is -0.154.